The third-order valence-corrected chi connectivity index (χ3v) is 3.37. The Hall–Kier alpha value is -2.27. The van der Waals surface area contributed by atoms with E-state index in [0.29, 0.717) is 17.2 Å². The highest BCUT2D eigenvalue weighted by atomic mass is 16.5. The zero-order chi connectivity index (χ0) is 15.2. The molecule has 2 rings (SSSR count). The number of benzene rings is 1. The molecular formula is C16H20N2O3. The molecule has 5 heteroatoms. The first kappa shape index (κ1) is 15.1. The summed E-state index contributed by atoms with van der Waals surface area (Å²) in [6.45, 7) is 0. The number of methoxy groups -OCH3 is 3. The minimum absolute atomic E-state index is 0.0659. The molecule has 0 amide bonds. The Kier molecular flexibility index (Phi) is 5.00. The first-order valence-electron chi connectivity index (χ1n) is 6.62. The summed E-state index contributed by atoms with van der Waals surface area (Å²) in [5.41, 5.74) is 2.00. The maximum Gasteiger partial charge on any atom is 0.131 e. The van der Waals surface area contributed by atoms with Crippen LogP contribution in [-0.2, 0) is 0 Å². The quantitative estimate of drug-likeness (QED) is 0.884. The highest BCUT2D eigenvalue weighted by Gasteiger charge is 2.22. The van der Waals surface area contributed by atoms with Crippen molar-refractivity contribution in [3.8, 4) is 17.2 Å². The lowest BCUT2D eigenvalue weighted by Crippen LogP contribution is -2.19. The van der Waals surface area contributed by atoms with E-state index in [1.54, 1.807) is 33.7 Å². The maximum absolute atomic E-state index is 5.52. The monoisotopic (exact) mass is 288 g/mol. The molecule has 0 saturated heterocycles. The van der Waals surface area contributed by atoms with Gasteiger partial charge >= 0.3 is 0 Å². The van der Waals surface area contributed by atoms with Crippen molar-refractivity contribution in [3.05, 3.63) is 47.8 Å². The molecule has 0 radical (unpaired) electrons. The van der Waals surface area contributed by atoms with Gasteiger partial charge < -0.3 is 19.5 Å². The van der Waals surface area contributed by atoms with Crippen LogP contribution < -0.4 is 19.5 Å². The van der Waals surface area contributed by atoms with Gasteiger partial charge in [-0.25, -0.2) is 0 Å². The number of ether oxygens (including phenoxy) is 3. The van der Waals surface area contributed by atoms with Crippen LogP contribution in [0.2, 0.25) is 0 Å². The summed E-state index contributed by atoms with van der Waals surface area (Å²) in [4.78, 5) is 4.06. The maximum atomic E-state index is 5.52. The van der Waals surface area contributed by atoms with E-state index in [1.807, 2.05) is 31.3 Å². The van der Waals surface area contributed by atoms with Crippen molar-refractivity contribution in [3.63, 3.8) is 0 Å². The topological polar surface area (TPSA) is 52.6 Å². The summed E-state index contributed by atoms with van der Waals surface area (Å²) in [6.07, 6.45) is 3.53. The van der Waals surface area contributed by atoms with Crippen LogP contribution in [-0.4, -0.2) is 33.4 Å². The van der Waals surface area contributed by atoms with Crippen LogP contribution in [0.1, 0.15) is 17.2 Å². The average Bonchev–Trinajstić information content (AvgIpc) is 2.56. The molecule has 1 atom stereocenters. The SMILES string of the molecule is CNC(c1ccncc1)c1c(OC)cc(OC)cc1OC. The Morgan fingerprint density at radius 1 is 0.952 bits per heavy atom. The molecule has 0 aliphatic carbocycles. The normalized spacial score (nSPS) is 11.8. The van der Waals surface area contributed by atoms with E-state index in [9.17, 15) is 0 Å². The van der Waals surface area contributed by atoms with Gasteiger partial charge in [-0.1, -0.05) is 0 Å². The molecule has 0 fully saturated rings. The summed E-state index contributed by atoms with van der Waals surface area (Å²) in [5, 5.41) is 3.29. The Labute approximate surface area is 124 Å². The molecule has 2 aromatic rings. The summed E-state index contributed by atoms with van der Waals surface area (Å²) in [7, 11) is 6.79. The highest BCUT2D eigenvalue weighted by molar-refractivity contribution is 5.54. The fourth-order valence-corrected chi connectivity index (χ4v) is 2.35. The van der Waals surface area contributed by atoms with Gasteiger partial charge in [0, 0.05) is 24.5 Å². The Bertz CT molecular complexity index is 562. The molecule has 1 unspecified atom stereocenters. The number of rotatable bonds is 6. The predicted octanol–water partition coefficient (Wildman–Crippen LogP) is 2.42. The van der Waals surface area contributed by atoms with Gasteiger partial charge in [0.15, 0.2) is 0 Å². The predicted molar refractivity (Wildman–Crippen MR) is 81.2 cm³/mol. The van der Waals surface area contributed by atoms with Crippen molar-refractivity contribution in [2.24, 2.45) is 0 Å². The Morgan fingerprint density at radius 2 is 1.52 bits per heavy atom. The number of nitrogens with one attached hydrogen (secondary N) is 1. The number of hydrogen-bond donors (Lipinski definition) is 1. The molecule has 5 nitrogen and oxygen atoms in total. The van der Waals surface area contributed by atoms with Crippen molar-refractivity contribution in [2.45, 2.75) is 6.04 Å². The first-order chi connectivity index (χ1) is 10.2. The summed E-state index contributed by atoms with van der Waals surface area (Å²) < 4.78 is 16.3. The van der Waals surface area contributed by atoms with Gasteiger partial charge in [-0.3, -0.25) is 4.98 Å². The molecule has 1 N–H and O–H groups in total. The number of hydrogen-bond acceptors (Lipinski definition) is 5. The molecule has 1 aromatic carbocycles. The van der Waals surface area contributed by atoms with Crippen LogP contribution in [0.25, 0.3) is 0 Å². The molecular weight excluding hydrogens is 268 g/mol. The number of nitrogens with zero attached hydrogens (tertiary/aromatic N) is 1. The van der Waals surface area contributed by atoms with E-state index in [-0.39, 0.29) is 6.04 Å². The molecule has 1 aromatic heterocycles. The minimum Gasteiger partial charge on any atom is -0.496 e. The second-order valence-electron chi connectivity index (χ2n) is 4.45. The second kappa shape index (κ2) is 6.95. The summed E-state index contributed by atoms with van der Waals surface area (Å²) >= 11 is 0. The van der Waals surface area contributed by atoms with Gasteiger partial charge in [-0.2, -0.15) is 0 Å². The minimum atomic E-state index is -0.0659. The van der Waals surface area contributed by atoms with Gasteiger partial charge in [0.25, 0.3) is 0 Å². The van der Waals surface area contributed by atoms with Gasteiger partial charge in [-0.05, 0) is 24.7 Å². The smallest absolute Gasteiger partial charge is 0.131 e. The van der Waals surface area contributed by atoms with E-state index in [0.717, 1.165) is 11.1 Å². The molecule has 0 bridgehead atoms. The van der Waals surface area contributed by atoms with E-state index in [4.69, 9.17) is 14.2 Å². The Balaban J connectivity index is 2.59. The van der Waals surface area contributed by atoms with Crippen molar-refractivity contribution in [1.82, 2.24) is 10.3 Å². The molecule has 112 valence electrons. The lowest BCUT2D eigenvalue weighted by Gasteiger charge is -2.23. The van der Waals surface area contributed by atoms with Gasteiger partial charge in [0.2, 0.25) is 0 Å². The van der Waals surface area contributed by atoms with E-state index in [1.165, 1.54) is 0 Å². The van der Waals surface area contributed by atoms with Crippen molar-refractivity contribution >= 4 is 0 Å². The summed E-state index contributed by atoms with van der Waals surface area (Å²) in [6, 6.07) is 7.56. The molecule has 0 spiro atoms. The summed E-state index contributed by atoms with van der Waals surface area (Å²) in [5.74, 6) is 2.11. The molecule has 0 aliphatic heterocycles. The molecule has 0 aliphatic rings. The third-order valence-electron chi connectivity index (χ3n) is 3.37. The van der Waals surface area contributed by atoms with Crippen LogP contribution in [0.3, 0.4) is 0 Å². The fourth-order valence-electron chi connectivity index (χ4n) is 2.35. The molecule has 0 saturated carbocycles. The first-order valence-corrected chi connectivity index (χ1v) is 6.62. The van der Waals surface area contributed by atoms with Crippen molar-refractivity contribution < 1.29 is 14.2 Å². The number of aromatic nitrogens is 1. The average molecular weight is 288 g/mol. The van der Waals surface area contributed by atoms with Crippen LogP contribution >= 0.6 is 0 Å². The van der Waals surface area contributed by atoms with Crippen molar-refractivity contribution in [1.29, 1.82) is 0 Å². The lowest BCUT2D eigenvalue weighted by atomic mass is 9.97. The van der Waals surface area contributed by atoms with Crippen molar-refractivity contribution in [2.75, 3.05) is 28.4 Å². The lowest BCUT2D eigenvalue weighted by molar-refractivity contribution is 0.364. The fraction of sp³-hybridized carbons (Fsp3) is 0.312. The van der Waals surface area contributed by atoms with Gasteiger partial charge in [-0.15, -0.1) is 0 Å². The van der Waals surface area contributed by atoms with Crippen LogP contribution in [0, 0.1) is 0 Å². The van der Waals surface area contributed by atoms with Crippen LogP contribution in [0.4, 0.5) is 0 Å². The van der Waals surface area contributed by atoms with E-state index < -0.39 is 0 Å². The third kappa shape index (κ3) is 3.08. The number of pyridine rings is 1. The van der Waals surface area contributed by atoms with E-state index >= 15 is 0 Å². The van der Waals surface area contributed by atoms with Crippen LogP contribution in [0.5, 0.6) is 17.2 Å². The largest absolute Gasteiger partial charge is 0.496 e. The van der Waals surface area contributed by atoms with Crippen LogP contribution in [0.15, 0.2) is 36.7 Å². The standard InChI is InChI=1S/C16H20N2O3/c1-17-16(11-5-7-18-8-6-11)15-13(20-3)9-12(19-2)10-14(15)21-4/h5-10,16-17H,1-4H3. The molecule has 1 heterocycles. The highest BCUT2D eigenvalue weighted by Crippen LogP contribution is 2.40. The zero-order valence-corrected chi connectivity index (χ0v) is 12.7. The molecule has 21 heavy (non-hydrogen) atoms. The van der Waals surface area contributed by atoms with Gasteiger partial charge in [0.05, 0.1) is 32.9 Å². The van der Waals surface area contributed by atoms with Gasteiger partial charge in [0.1, 0.15) is 17.2 Å². The van der Waals surface area contributed by atoms with E-state index in [2.05, 4.69) is 10.3 Å². The zero-order valence-electron chi connectivity index (χ0n) is 12.7. The second-order valence-corrected chi connectivity index (χ2v) is 4.45. The Morgan fingerprint density at radius 3 is 1.95 bits per heavy atom.